The Balaban J connectivity index is 1.50. The predicted octanol–water partition coefficient (Wildman–Crippen LogP) is 0.0253. The number of morpholine rings is 2. The van der Waals surface area contributed by atoms with Crippen LogP contribution >= 0.6 is 11.3 Å². The number of nitrogens with zero attached hydrogens (tertiary/aromatic N) is 7. The Labute approximate surface area is 154 Å². The summed E-state index contributed by atoms with van der Waals surface area (Å²) in [6, 6.07) is 0. The summed E-state index contributed by atoms with van der Waals surface area (Å²) in [5.74, 6) is 0.612. The molecule has 11 heteroatoms. The number of hydrogen-bond donors (Lipinski definition) is 0. The molecule has 0 N–H and O–H groups in total. The van der Waals surface area contributed by atoms with Gasteiger partial charge in [0, 0.05) is 26.7 Å². The van der Waals surface area contributed by atoms with Crippen molar-refractivity contribution in [1.29, 1.82) is 0 Å². The molecule has 2 aliphatic heterocycles. The summed E-state index contributed by atoms with van der Waals surface area (Å²) in [7, 11) is 1.77. The van der Waals surface area contributed by atoms with Crippen molar-refractivity contribution >= 4 is 22.4 Å². The number of rotatable bonds is 3. The summed E-state index contributed by atoms with van der Waals surface area (Å²) >= 11 is 1.45. The molecule has 1 unspecified atom stereocenters. The van der Waals surface area contributed by atoms with E-state index < -0.39 is 0 Å². The van der Waals surface area contributed by atoms with E-state index in [9.17, 15) is 4.79 Å². The Morgan fingerprint density at radius 2 is 2.04 bits per heavy atom. The van der Waals surface area contributed by atoms with E-state index in [2.05, 4.69) is 25.4 Å². The fraction of sp³-hybridized carbons (Fsp3) is 0.667. The van der Waals surface area contributed by atoms with Crippen LogP contribution in [0.1, 0.15) is 27.3 Å². The highest BCUT2D eigenvalue weighted by atomic mass is 32.1. The monoisotopic (exact) mass is 379 g/mol. The molecule has 1 amide bonds. The second-order valence-corrected chi connectivity index (χ2v) is 7.26. The van der Waals surface area contributed by atoms with E-state index in [1.807, 2.05) is 6.92 Å². The molecule has 0 saturated carbocycles. The summed E-state index contributed by atoms with van der Waals surface area (Å²) in [6.07, 6.45) is -0.320. The van der Waals surface area contributed by atoms with Crippen molar-refractivity contribution in [2.75, 3.05) is 50.9 Å². The van der Waals surface area contributed by atoms with Crippen LogP contribution in [0.5, 0.6) is 0 Å². The lowest BCUT2D eigenvalue weighted by Crippen LogP contribution is -2.42. The summed E-state index contributed by atoms with van der Waals surface area (Å²) < 4.78 is 12.7. The van der Waals surface area contributed by atoms with Crippen molar-refractivity contribution in [2.45, 2.75) is 13.0 Å². The van der Waals surface area contributed by atoms with Gasteiger partial charge in [-0.15, -0.1) is 5.10 Å². The van der Waals surface area contributed by atoms with Gasteiger partial charge in [0.1, 0.15) is 11.0 Å². The molecule has 0 bridgehead atoms. The minimum absolute atomic E-state index is 0.0112. The minimum atomic E-state index is -0.320. The van der Waals surface area contributed by atoms with Crippen LogP contribution in [0.25, 0.3) is 0 Å². The molecule has 0 aromatic carbocycles. The molecule has 2 aliphatic rings. The number of anilines is 1. The number of ether oxygens (including phenoxy) is 2. The number of amides is 1. The van der Waals surface area contributed by atoms with Crippen LogP contribution in [-0.4, -0.2) is 82.0 Å². The van der Waals surface area contributed by atoms with Crippen LogP contribution in [0, 0.1) is 6.92 Å². The lowest BCUT2D eigenvalue weighted by Gasteiger charge is -2.31. The van der Waals surface area contributed by atoms with Crippen molar-refractivity contribution in [3.63, 3.8) is 0 Å². The van der Waals surface area contributed by atoms with Crippen molar-refractivity contribution in [3.8, 4) is 0 Å². The van der Waals surface area contributed by atoms with E-state index in [0.717, 1.165) is 23.9 Å². The quantitative estimate of drug-likeness (QED) is 0.736. The van der Waals surface area contributed by atoms with Crippen LogP contribution in [0.2, 0.25) is 0 Å². The van der Waals surface area contributed by atoms with Gasteiger partial charge in [0.05, 0.1) is 32.1 Å². The normalized spacial score (nSPS) is 21.2. The van der Waals surface area contributed by atoms with Gasteiger partial charge in [-0.3, -0.25) is 4.79 Å². The summed E-state index contributed by atoms with van der Waals surface area (Å²) in [5, 5.41) is 12.4. The molecular weight excluding hydrogens is 358 g/mol. The fourth-order valence-electron chi connectivity index (χ4n) is 3.11. The van der Waals surface area contributed by atoms with E-state index in [1.165, 1.54) is 11.3 Å². The zero-order valence-corrected chi connectivity index (χ0v) is 15.6. The number of hydrogen-bond acceptors (Lipinski definition) is 9. The zero-order valence-electron chi connectivity index (χ0n) is 14.8. The highest BCUT2D eigenvalue weighted by Crippen LogP contribution is 2.29. The summed E-state index contributed by atoms with van der Waals surface area (Å²) in [5.41, 5.74) is 0.768. The van der Waals surface area contributed by atoms with Crippen molar-refractivity contribution in [1.82, 2.24) is 30.1 Å². The molecule has 26 heavy (non-hydrogen) atoms. The molecule has 0 radical (unpaired) electrons. The van der Waals surface area contributed by atoms with Crippen LogP contribution in [0.3, 0.4) is 0 Å². The molecule has 4 rings (SSSR count). The van der Waals surface area contributed by atoms with Gasteiger partial charge in [-0.25, -0.2) is 9.67 Å². The third kappa shape index (κ3) is 3.29. The third-order valence-electron chi connectivity index (χ3n) is 4.56. The maximum absolute atomic E-state index is 13.1. The molecule has 2 aromatic rings. The number of carbonyl (C=O) groups excluding carboxylic acids is 1. The first-order chi connectivity index (χ1) is 12.6. The van der Waals surface area contributed by atoms with Crippen LogP contribution in [0.4, 0.5) is 5.13 Å². The van der Waals surface area contributed by atoms with Crippen molar-refractivity contribution in [3.05, 3.63) is 16.4 Å². The Morgan fingerprint density at radius 3 is 2.77 bits per heavy atom. The number of aromatic nitrogens is 5. The lowest BCUT2D eigenvalue weighted by molar-refractivity contribution is -0.0282. The molecule has 2 saturated heterocycles. The highest BCUT2D eigenvalue weighted by molar-refractivity contribution is 7.17. The van der Waals surface area contributed by atoms with E-state index in [4.69, 9.17) is 9.47 Å². The lowest BCUT2D eigenvalue weighted by atomic mass is 10.2. The van der Waals surface area contributed by atoms with Gasteiger partial charge in [-0.2, -0.15) is 0 Å². The third-order valence-corrected chi connectivity index (χ3v) is 5.76. The Kier molecular flexibility index (Phi) is 4.83. The molecule has 4 heterocycles. The Morgan fingerprint density at radius 1 is 1.23 bits per heavy atom. The second kappa shape index (κ2) is 7.25. The van der Waals surface area contributed by atoms with Gasteiger partial charge in [-0.05, 0) is 17.4 Å². The summed E-state index contributed by atoms with van der Waals surface area (Å²) in [4.78, 5) is 22.3. The van der Waals surface area contributed by atoms with Gasteiger partial charge < -0.3 is 19.3 Å². The van der Waals surface area contributed by atoms with Gasteiger partial charge >= 0.3 is 0 Å². The van der Waals surface area contributed by atoms with E-state index in [-0.39, 0.29) is 12.0 Å². The first-order valence-corrected chi connectivity index (χ1v) is 9.38. The highest BCUT2D eigenvalue weighted by Gasteiger charge is 2.31. The molecular formula is C15H21N7O3S. The van der Waals surface area contributed by atoms with Gasteiger partial charge in [-0.1, -0.05) is 11.3 Å². The number of carbonyl (C=O) groups is 1. The topological polar surface area (TPSA) is 98.5 Å². The maximum Gasteiger partial charge on any atom is 0.266 e. The molecule has 2 aromatic heterocycles. The first kappa shape index (κ1) is 17.3. The van der Waals surface area contributed by atoms with Gasteiger partial charge in [0.15, 0.2) is 11.0 Å². The average Bonchev–Trinajstić information content (AvgIpc) is 3.28. The Bertz CT molecular complexity index is 786. The van der Waals surface area contributed by atoms with E-state index in [0.29, 0.717) is 43.6 Å². The van der Waals surface area contributed by atoms with Crippen molar-refractivity contribution < 1.29 is 14.3 Å². The molecule has 1 atom stereocenters. The SMILES string of the molecule is Cc1nc(N2CCOCC2)sc1C(=O)N1CCOC(c2nnnn2C)C1. The number of aryl methyl sites for hydroxylation is 2. The average molecular weight is 379 g/mol. The van der Waals surface area contributed by atoms with E-state index >= 15 is 0 Å². The maximum atomic E-state index is 13.1. The Hall–Kier alpha value is -2.11. The smallest absolute Gasteiger partial charge is 0.266 e. The largest absolute Gasteiger partial charge is 0.378 e. The molecule has 2 fully saturated rings. The standard InChI is InChI=1S/C15H21N7O3S/c1-10-12(26-15(16-10)21-3-6-24-7-4-21)14(23)22-5-8-25-11(9-22)13-17-18-19-20(13)2/h11H,3-9H2,1-2H3. The fourth-order valence-corrected chi connectivity index (χ4v) is 4.20. The zero-order chi connectivity index (χ0) is 18.1. The van der Waals surface area contributed by atoms with Gasteiger partial charge in [0.25, 0.3) is 5.91 Å². The van der Waals surface area contributed by atoms with Crippen molar-refractivity contribution in [2.24, 2.45) is 7.05 Å². The molecule has 0 aliphatic carbocycles. The van der Waals surface area contributed by atoms with Crippen LogP contribution < -0.4 is 4.90 Å². The molecule has 140 valence electrons. The minimum Gasteiger partial charge on any atom is -0.378 e. The summed E-state index contributed by atoms with van der Waals surface area (Å²) in [6.45, 7) is 6.31. The van der Waals surface area contributed by atoms with E-state index in [1.54, 1.807) is 16.6 Å². The first-order valence-electron chi connectivity index (χ1n) is 8.56. The number of thiazole rings is 1. The molecule has 0 spiro atoms. The predicted molar refractivity (Wildman–Crippen MR) is 93.3 cm³/mol. The van der Waals surface area contributed by atoms with Crippen LogP contribution in [0.15, 0.2) is 0 Å². The van der Waals surface area contributed by atoms with Crippen LogP contribution in [-0.2, 0) is 16.5 Å². The number of tetrazole rings is 1. The van der Waals surface area contributed by atoms with Gasteiger partial charge in [0.2, 0.25) is 0 Å². The molecule has 10 nitrogen and oxygen atoms in total. The second-order valence-electron chi connectivity index (χ2n) is 6.28.